The number of benzene rings is 1. The third-order valence-electron chi connectivity index (χ3n) is 6.04. The van der Waals surface area contributed by atoms with Crippen LogP contribution in [0.5, 0.6) is 0 Å². The summed E-state index contributed by atoms with van der Waals surface area (Å²) in [4.78, 5) is 28.7. The van der Waals surface area contributed by atoms with E-state index < -0.39 is 5.97 Å². The zero-order valence-corrected chi connectivity index (χ0v) is 19.3. The van der Waals surface area contributed by atoms with Crippen molar-refractivity contribution in [2.45, 2.75) is 46.2 Å². The Bertz CT molecular complexity index is 982. The molecule has 0 fully saturated rings. The van der Waals surface area contributed by atoms with E-state index in [4.69, 9.17) is 27.9 Å². The average molecular weight is 483 g/mol. The van der Waals surface area contributed by atoms with Crippen LogP contribution in [0.25, 0.3) is 0 Å². The Balaban J connectivity index is 1.57. The lowest BCUT2D eigenvalue weighted by Gasteiger charge is -2.29. The van der Waals surface area contributed by atoms with Crippen molar-refractivity contribution in [3.8, 4) is 0 Å². The molecule has 3 N–H and O–H groups in total. The van der Waals surface area contributed by atoms with Crippen LogP contribution in [0.4, 0.5) is 0 Å². The fraction of sp³-hybridized carbons (Fsp3) is 0.455. The van der Waals surface area contributed by atoms with Crippen molar-refractivity contribution in [1.82, 2.24) is 10.3 Å². The number of H-pyrrole nitrogens is 1. The first-order valence-corrected chi connectivity index (χ1v) is 11.9. The number of methoxy groups -OCH3 is 1. The van der Waals surface area contributed by atoms with Crippen LogP contribution in [0.2, 0.25) is 0 Å². The van der Waals surface area contributed by atoms with E-state index in [0.717, 1.165) is 21.7 Å². The monoisotopic (exact) mass is 482 g/mol. The number of aliphatic carboxylic acids is 1. The lowest BCUT2D eigenvalue weighted by Crippen LogP contribution is -2.41. The topological polar surface area (TPSA) is 91.4 Å². The summed E-state index contributed by atoms with van der Waals surface area (Å²) in [6.07, 6.45) is 1.28. The Morgan fingerprint density at radius 1 is 1.35 bits per heavy atom. The number of thioether (sulfide) groups is 1. The molecule has 166 valence electrons. The molecule has 1 amide bonds. The summed E-state index contributed by atoms with van der Waals surface area (Å²) in [5.74, 6) is -1.33. The summed E-state index contributed by atoms with van der Waals surface area (Å²) in [6.45, 7) is 0.467. The molecule has 0 saturated heterocycles. The van der Waals surface area contributed by atoms with E-state index in [1.807, 2.05) is 24.3 Å². The maximum Gasteiger partial charge on any atom is 0.303 e. The number of hydrogen-bond acceptors (Lipinski definition) is 4. The number of rotatable bonds is 8. The van der Waals surface area contributed by atoms with Crippen molar-refractivity contribution in [2.24, 2.45) is 5.92 Å². The summed E-state index contributed by atoms with van der Waals surface area (Å²) >= 11 is 13.9. The van der Waals surface area contributed by atoms with Gasteiger partial charge in [0.25, 0.3) is 5.91 Å². The molecule has 2 heterocycles. The van der Waals surface area contributed by atoms with Crippen molar-refractivity contribution >= 4 is 46.8 Å². The summed E-state index contributed by atoms with van der Waals surface area (Å²) in [5.41, 5.74) is 3.45. The van der Waals surface area contributed by atoms with Gasteiger partial charge >= 0.3 is 5.97 Å². The van der Waals surface area contributed by atoms with Crippen molar-refractivity contribution in [1.29, 1.82) is 0 Å². The summed E-state index contributed by atoms with van der Waals surface area (Å²) in [7, 11) is 1.61. The van der Waals surface area contributed by atoms with Crippen LogP contribution >= 0.6 is 35.0 Å². The number of halogens is 2. The number of aromatic amines is 1. The predicted molar refractivity (Wildman–Crippen MR) is 121 cm³/mol. The highest BCUT2D eigenvalue weighted by atomic mass is 35.5. The number of carbonyl (C=O) groups is 2. The van der Waals surface area contributed by atoms with Crippen LogP contribution in [-0.2, 0) is 16.0 Å². The molecule has 2 aromatic rings. The van der Waals surface area contributed by atoms with Crippen LogP contribution < -0.4 is 5.32 Å². The van der Waals surface area contributed by atoms with E-state index in [2.05, 4.69) is 10.3 Å². The van der Waals surface area contributed by atoms with Gasteiger partial charge in [-0.05, 0) is 36.0 Å². The maximum atomic E-state index is 13.1. The molecule has 0 saturated carbocycles. The van der Waals surface area contributed by atoms with E-state index in [-0.39, 0.29) is 40.3 Å². The molecule has 1 aromatic carbocycles. The van der Waals surface area contributed by atoms with Gasteiger partial charge in [0, 0.05) is 42.7 Å². The first kappa shape index (κ1) is 22.5. The number of carbonyl (C=O) groups excluding carboxylic acids is 1. The first-order valence-electron chi connectivity index (χ1n) is 10.2. The molecule has 3 unspecified atom stereocenters. The summed E-state index contributed by atoms with van der Waals surface area (Å²) in [6, 6.07) is 9.58. The molecule has 1 aromatic heterocycles. The Hall–Kier alpha value is -1.67. The van der Waals surface area contributed by atoms with Crippen molar-refractivity contribution in [3.63, 3.8) is 0 Å². The summed E-state index contributed by atoms with van der Waals surface area (Å²) in [5, 5.41) is 12.3. The molecule has 2 aliphatic rings. The molecule has 5 atom stereocenters. The van der Waals surface area contributed by atoms with Crippen molar-refractivity contribution < 1.29 is 19.4 Å². The van der Waals surface area contributed by atoms with Crippen LogP contribution in [0, 0.1) is 5.92 Å². The number of alkyl halides is 2. The van der Waals surface area contributed by atoms with E-state index in [9.17, 15) is 14.7 Å². The molecule has 31 heavy (non-hydrogen) atoms. The van der Waals surface area contributed by atoms with Gasteiger partial charge in [0.1, 0.15) is 15.8 Å². The lowest BCUT2D eigenvalue weighted by molar-refractivity contribution is -0.138. The van der Waals surface area contributed by atoms with Gasteiger partial charge in [-0.25, -0.2) is 0 Å². The zero-order chi connectivity index (χ0) is 22.1. The van der Waals surface area contributed by atoms with Gasteiger partial charge in [0.05, 0.1) is 0 Å². The number of hydrogen-bond donors (Lipinski definition) is 3. The SMILES string of the molecule is COCCC(CC(=O)O)[C@@H]1c2ccccc2C[C@H]1NC(=O)c1cc2c([nH]1)C(Cl)C(Cl)S2. The molecular formula is C22H24Cl2N2O4S. The molecular weight excluding hydrogens is 459 g/mol. The number of amides is 1. The van der Waals surface area contributed by atoms with E-state index in [0.29, 0.717) is 25.1 Å². The number of fused-ring (bicyclic) bond motifs is 2. The quantitative estimate of drug-likeness (QED) is 0.480. The minimum atomic E-state index is -0.850. The molecule has 6 nitrogen and oxygen atoms in total. The van der Waals surface area contributed by atoms with Crippen molar-refractivity contribution in [2.75, 3.05) is 13.7 Å². The number of carboxylic acid groups (broad SMARTS) is 1. The van der Waals surface area contributed by atoms with Gasteiger partial charge in [-0.3, -0.25) is 9.59 Å². The molecule has 1 aliphatic heterocycles. The van der Waals surface area contributed by atoms with E-state index in [1.54, 1.807) is 13.2 Å². The Morgan fingerprint density at radius 2 is 2.13 bits per heavy atom. The van der Waals surface area contributed by atoms with Crippen LogP contribution in [0.15, 0.2) is 35.2 Å². The lowest BCUT2D eigenvalue weighted by atomic mass is 9.80. The van der Waals surface area contributed by atoms with Gasteiger partial charge in [0.2, 0.25) is 0 Å². The van der Waals surface area contributed by atoms with E-state index in [1.165, 1.54) is 11.8 Å². The fourth-order valence-electron chi connectivity index (χ4n) is 4.69. The minimum Gasteiger partial charge on any atom is -0.481 e. The Kier molecular flexibility index (Phi) is 6.86. The van der Waals surface area contributed by atoms with Crippen LogP contribution in [-0.4, -0.2) is 46.4 Å². The highest BCUT2D eigenvalue weighted by Gasteiger charge is 2.40. The van der Waals surface area contributed by atoms with Gasteiger partial charge in [-0.2, -0.15) is 0 Å². The standard InChI is InChI=1S/C22H24Cl2N2O4S/c1-30-7-6-12(9-17(27)28)18-13-5-3-2-4-11(13)8-14(18)26-22(29)15-10-16-20(25-15)19(23)21(24)31-16/h2-5,10,12,14,18-19,21,25H,6-9H2,1H3,(H,26,29)(H,27,28)/t12?,14-,18-,19?,21?/m1/s1. The second-order valence-electron chi connectivity index (χ2n) is 7.98. The van der Waals surface area contributed by atoms with E-state index >= 15 is 0 Å². The average Bonchev–Trinajstić information content (AvgIpc) is 3.38. The number of carboxylic acids is 1. The molecule has 1 aliphatic carbocycles. The van der Waals surface area contributed by atoms with Gasteiger partial charge in [0.15, 0.2) is 0 Å². The van der Waals surface area contributed by atoms with Crippen LogP contribution in [0.1, 0.15) is 51.4 Å². The first-order chi connectivity index (χ1) is 14.9. The minimum absolute atomic E-state index is 0.0210. The third kappa shape index (κ3) is 4.60. The second kappa shape index (κ2) is 9.45. The number of ether oxygens (including phenoxy) is 1. The highest BCUT2D eigenvalue weighted by Crippen LogP contribution is 2.49. The molecule has 4 rings (SSSR count). The molecule has 0 bridgehead atoms. The maximum absolute atomic E-state index is 13.1. The normalized spacial score (nSPS) is 25.1. The number of nitrogens with one attached hydrogen (secondary N) is 2. The van der Waals surface area contributed by atoms with Crippen LogP contribution in [0.3, 0.4) is 0 Å². The Labute approximate surface area is 195 Å². The zero-order valence-electron chi connectivity index (χ0n) is 16.9. The number of aromatic nitrogens is 1. The fourth-order valence-corrected chi connectivity index (χ4v) is 6.48. The Morgan fingerprint density at radius 3 is 2.84 bits per heavy atom. The third-order valence-corrected chi connectivity index (χ3v) is 8.40. The predicted octanol–water partition coefficient (Wildman–Crippen LogP) is 4.53. The molecule has 9 heteroatoms. The van der Waals surface area contributed by atoms with Gasteiger partial charge in [-0.1, -0.05) is 24.3 Å². The summed E-state index contributed by atoms with van der Waals surface area (Å²) < 4.78 is 4.97. The molecule has 0 radical (unpaired) electrons. The largest absolute Gasteiger partial charge is 0.481 e. The van der Waals surface area contributed by atoms with Gasteiger partial charge < -0.3 is 20.1 Å². The smallest absolute Gasteiger partial charge is 0.303 e. The molecule has 0 spiro atoms. The second-order valence-corrected chi connectivity index (χ2v) is 10.4. The van der Waals surface area contributed by atoms with Gasteiger partial charge in [-0.15, -0.1) is 35.0 Å². The highest BCUT2D eigenvalue weighted by molar-refractivity contribution is 8.01. The van der Waals surface area contributed by atoms with Crippen molar-refractivity contribution in [3.05, 3.63) is 52.8 Å².